The van der Waals surface area contributed by atoms with Crippen LogP contribution >= 0.6 is 0 Å². The molecule has 30 heavy (non-hydrogen) atoms. The van der Waals surface area contributed by atoms with Crippen molar-refractivity contribution in [2.24, 2.45) is 0 Å². The standard InChI is InChI=1S/C21H18FN5O3/c1-11-2-6-14(7-3-11)24-21-26-18-17(20(30)27-21)15(10-16(28)25-18)19(29)23-13-8-4-12(22)5-9-13/h2-9,15H,10H2,1H3,(H,23,29)(H3,24,25,26,27,28,30). The fraction of sp³-hybridized carbons (Fsp3) is 0.143. The maximum Gasteiger partial charge on any atom is 0.258 e. The molecular weight excluding hydrogens is 389 g/mol. The molecule has 0 saturated carbocycles. The Morgan fingerprint density at radius 1 is 1.07 bits per heavy atom. The average molecular weight is 407 g/mol. The van der Waals surface area contributed by atoms with Crippen LogP contribution in [-0.2, 0) is 9.59 Å². The average Bonchev–Trinajstić information content (AvgIpc) is 2.70. The zero-order chi connectivity index (χ0) is 21.3. The van der Waals surface area contributed by atoms with Gasteiger partial charge in [0.1, 0.15) is 11.6 Å². The molecule has 1 aliphatic rings. The van der Waals surface area contributed by atoms with Gasteiger partial charge in [-0.15, -0.1) is 0 Å². The van der Waals surface area contributed by atoms with E-state index in [1.165, 1.54) is 24.3 Å². The number of aromatic nitrogens is 2. The number of H-pyrrole nitrogens is 1. The van der Waals surface area contributed by atoms with E-state index in [0.717, 1.165) is 5.56 Å². The molecule has 1 aromatic heterocycles. The largest absolute Gasteiger partial charge is 0.326 e. The van der Waals surface area contributed by atoms with Crippen LogP contribution in [-0.4, -0.2) is 21.8 Å². The second-order valence-electron chi connectivity index (χ2n) is 6.97. The van der Waals surface area contributed by atoms with E-state index in [0.29, 0.717) is 11.4 Å². The van der Waals surface area contributed by atoms with Crippen molar-refractivity contribution in [2.45, 2.75) is 19.3 Å². The number of halogens is 1. The van der Waals surface area contributed by atoms with Crippen LogP contribution in [0, 0.1) is 12.7 Å². The minimum atomic E-state index is -1.02. The summed E-state index contributed by atoms with van der Waals surface area (Å²) in [6, 6.07) is 12.6. The predicted octanol–water partition coefficient (Wildman–Crippen LogP) is 3.03. The number of amides is 2. The molecule has 1 aliphatic heterocycles. The van der Waals surface area contributed by atoms with Crippen molar-refractivity contribution in [1.29, 1.82) is 0 Å². The van der Waals surface area contributed by atoms with Gasteiger partial charge in [0.05, 0.1) is 11.5 Å². The predicted molar refractivity (Wildman–Crippen MR) is 110 cm³/mol. The maximum absolute atomic E-state index is 13.1. The summed E-state index contributed by atoms with van der Waals surface area (Å²) in [5, 5.41) is 8.13. The molecule has 3 aromatic rings. The third-order valence-corrected chi connectivity index (χ3v) is 4.69. The van der Waals surface area contributed by atoms with Crippen molar-refractivity contribution < 1.29 is 14.0 Å². The monoisotopic (exact) mass is 407 g/mol. The quantitative estimate of drug-likeness (QED) is 0.531. The van der Waals surface area contributed by atoms with Crippen LogP contribution in [0.3, 0.4) is 0 Å². The molecule has 9 heteroatoms. The maximum atomic E-state index is 13.1. The summed E-state index contributed by atoms with van der Waals surface area (Å²) in [6.07, 6.45) is -0.199. The molecule has 2 amide bonds. The molecule has 0 saturated heterocycles. The summed E-state index contributed by atoms with van der Waals surface area (Å²) in [7, 11) is 0. The molecule has 0 fully saturated rings. The van der Waals surface area contributed by atoms with E-state index in [9.17, 15) is 18.8 Å². The van der Waals surface area contributed by atoms with E-state index in [4.69, 9.17) is 0 Å². The Morgan fingerprint density at radius 3 is 2.43 bits per heavy atom. The molecule has 2 aromatic carbocycles. The Balaban J connectivity index is 1.62. The molecule has 0 radical (unpaired) electrons. The van der Waals surface area contributed by atoms with Crippen LogP contribution in [0.4, 0.5) is 27.5 Å². The molecule has 8 nitrogen and oxygen atoms in total. The second-order valence-corrected chi connectivity index (χ2v) is 6.97. The zero-order valence-corrected chi connectivity index (χ0v) is 16.0. The van der Waals surface area contributed by atoms with Gasteiger partial charge in [-0.05, 0) is 43.3 Å². The van der Waals surface area contributed by atoms with Crippen molar-refractivity contribution >= 4 is 35.0 Å². The number of carbonyl (C=O) groups excluding carboxylic acids is 2. The third kappa shape index (κ3) is 4.04. The van der Waals surface area contributed by atoms with Gasteiger partial charge < -0.3 is 16.0 Å². The van der Waals surface area contributed by atoms with Crippen molar-refractivity contribution in [3.05, 3.63) is 75.8 Å². The Bertz CT molecular complexity index is 1170. The number of fused-ring (bicyclic) bond motifs is 1. The summed E-state index contributed by atoms with van der Waals surface area (Å²) >= 11 is 0. The molecule has 1 unspecified atom stereocenters. The van der Waals surface area contributed by atoms with E-state index in [-0.39, 0.29) is 23.8 Å². The summed E-state index contributed by atoms with van der Waals surface area (Å²) in [6.45, 7) is 1.95. The summed E-state index contributed by atoms with van der Waals surface area (Å²) in [5.41, 5.74) is 1.68. The Morgan fingerprint density at radius 2 is 1.73 bits per heavy atom. The van der Waals surface area contributed by atoms with Gasteiger partial charge in [0.15, 0.2) is 0 Å². The van der Waals surface area contributed by atoms with Crippen LogP contribution in [0.5, 0.6) is 0 Å². The van der Waals surface area contributed by atoms with Gasteiger partial charge >= 0.3 is 0 Å². The van der Waals surface area contributed by atoms with Gasteiger partial charge in [-0.3, -0.25) is 19.4 Å². The Hall–Kier alpha value is -4.01. The number of nitrogens with zero attached hydrogens (tertiary/aromatic N) is 1. The van der Waals surface area contributed by atoms with E-state index in [2.05, 4.69) is 25.9 Å². The molecule has 4 rings (SSSR count). The highest BCUT2D eigenvalue weighted by Crippen LogP contribution is 2.30. The van der Waals surface area contributed by atoms with E-state index in [1.807, 2.05) is 31.2 Å². The minimum Gasteiger partial charge on any atom is -0.326 e. The van der Waals surface area contributed by atoms with Crippen molar-refractivity contribution in [3.8, 4) is 0 Å². The fourth-order valence-corrected chi connectivity index (χ4v) is 3.19. The second kappa shape index (κ2) is 7.78. The first kappa shape index (κ1) is 19.3. The summed E-state index contributed by atoms with van der Waals surface area (Å²) in [4.78, 5) is 44.5. The third-order valence-electron chi connectivity index (χ3n) is 4.69. The highest BCUT2D eigenvalue weighted by atomic mass is 19.1. The summed E-state index contributed by atoms with van der Waals surface area (Å²) in [5.74, 6) is -2.27. The molecule has 2 heterocycles. The number of benzene rings is 2. The summed E-state index contributed by atoms with van der Waals surface area (Å²) < 4.78 is 13.1. The number of anilines is 4. The van der Waals surface area contributed by atoms with Gasteiger partial charge in [0.2, 0.25) is 17.8 Å². The molecule has 152 valence electrons. The highest BCUT2D eigenvalue weighted by molar-refractivity contribution is 6.04. The van der Waals surface area contributed by atoms with Gasteiger partial charge in [-0.1, -0.05) is 17.7 Å². The van der Waals surface area contributed by atoms with E-state index in [1.54, 1.807) is 0 Å². The topological polar surface area (TPSA) is 116 Å². The highest BCUT2D eigenvalue weighted by Gasteiger charge is 2.34. The zero-order valence-electron chi connectivity index (χ0n) is 16.0. The lowest BCUT2D eigenvalue weighted by molar-refractivity contribution is -0.123. The van der Waals surface area contributed by atoms with Gasteiger partial charge in [-0.2, -0.15) is 4.98 Å². The lowest BCUT2D eigenvalue weighted by Crippen LogP contribution is -2.36. The lowest BCUT2D eigenvalue weighted by atomic mass is 9.92. The number of hydrogen-bond acceptors (Lipinski definition) is 5. The molecule has 4 N–H and O–H groups in total. The minimum absolute atomic E-state index is 0.0314. The van der Waals surface area contributed by atoms with Crippen LogP contribution < -0.4 is 21.5 Å². The first-order valence-corrected chi connectivity index (χ1v) is 9.23. The van der Waals surface area contributed by atoms with Gasteiger partial charge in [0.25, 0.3) is 5.56 Å². The smallest absolute Gasteiger partial charge is 0.258 e. The first-order chi connectivity index (χ1) is 14.4. The van der Waals surface area contributed by atoms with Crippen LogP contribution in [0.2, 0.25) is 0 Å². The number of carbonyl (C=O) groups is 2. The van der Waals surface area contributed by atoms with Crippen LogP contribution in [0.1, 0.15) is 23.5 Å². The molecular formula is C21H18FN5O3. The Labute approximate surface area is 170 Å². The molecule has 1 atom stereocenters. The van der Waals surface area contributed by atoms with Crippen LogP contribution in [0.15, 0.2) is 53.3 Å². The normalized spacial score (nSPS) is 15.1. The number of rotatable bonds is 4. The van der Waals surface area contributed by atoms with E-state index >= 15 is 0 Å². The molecule has 0 spiro atoms. The van der Waals surface area contributed by atoms with E-state index < -0.39 is 29.1 Å². The number of hydrogen-bond donors (Lipinski definition) is 4. The van der Waals surface area contributed by atoms with Crippen molar-refractivity contribution in [3.63, 3.8) is 0 Å². The van der Waals surface area contributed by atoms with Gasteiger partial charge in [-0.25, -0.2) is 4.39 Å². The van der Waals surface area contributed by atoms with Crippen molar-refractivity contribution in [1.82, 2.24) is 9.97 Å². The Kier molecular flexibility index (Phi) is 5.01. The fourth-order valence-electron chi connectivity index (χ4n) is 3.19. The first-order valence-electron chi connectivity index (χ1n) is 9.23. The number of nitrogens with one attached hydrogen (secondary N) is 4. The lowest BCUT2D eigenvalue weighted by Gasteiger charge is -2.23. The number of aromatic amines is 1. The van der Waals surface area contributed by atoms with Gasteiger partial charge in [0, 0.05) is 17.8 Å². The molecule has 0 aliphatic carbocycles. The van der Waals surface area contributed by atoms with Crippen LogP contribution in [0.25, 0.3) is 0 Å². The molecule has 0 bridgehead atoms. The number of aryl methyl sites for hydroxylation is 1. The van der Waals surface area contributed by atoms with Crippen molar-refractivity contribution in [2.75, 3.05) is 16.0 Å². The SMILES string of the molecule is Cc1ccc(Nc2nc3c(c(=O)[nH]2)C(C(=O)Nc2ccc(F)cc2)CC(=O)N3)cc1.